The van der Waals surface area contributed by atoms with Gasteiger partial charge in [-0.3, -0.25) is 0 Å². The third-order valence-electron chi connectivity index (χ3n) is 8.29. The van der Waals surface area contributed by atoms with Gasteiger partial charge in [0.25, 0.3) is 0 Å². The predicted octanol–water partition coefficient (Wildman–Crippen LogP) is 3.46. The predicted molar refractivity (Wildman–Crippen MR) is 165 cm³/mol. The molecule has 3 saturated heterocycles. The number of rotatable bonds is 12. The van der Waals surface area contributed by atoms with Crippen molar-refractivity contribution in [3.8, 4) is 0 Å². The summed E-state index contributed by atoms with van der Waals surface area (Å²) in [6.07, 6.45) is -11.0. The smallest absolute Gasteiger partial charge is 0.338 e. The topological polar surface area (TPSA) is 177 Å². The highest BCUT2D eigenvalue weighted by Gasteiger charge is 2.57. The minimum atomic E-state index is -1.63. The van der Waals surface area contributed by atoms with E-state index in [-0.39, 0.29) is 25.4 Å². The van der Waals surface area contributed by atoms with Gasteiger partial charge >= 0.3 is 11.9 Å². The molecule has 48 heavy (non-hydrogen) atoms. The minimum absolute atomic E-state index is 0.00494. The van der Waals surface area contributed by atoms with Crippen molar-refractivity contribution in [2.75, 3.05) is 13.7 Å². The number of nitrogens with zero attached hydrogens (tertiary/aromatic N) is 3. The molecule has 0 radical (unpaired) electrons. The van der Waals surface area contributed by atoms with Crippen LogP contribution < -0.4 is 0 Å². The Morgan fingerprint density at radius 3 is 2.06 bits per heavy atom. The van der Waals surface area contributed by atoms with Crippen LogP contribution in [0.4, 0.5) is 0 Å². The lowest BCUT2D eigenvalue weighted by Gasteiger charge is -2.46. The Labute approximate surface area is 276 Å². The van der Waals surface area contributed by atoms with Gasteiger partial charge in [-0.2, -0.15) is 0 Å². The lowest BCUT2D eigenvalue weighted by atomic mass is 9.96. The summed E-state index contributed by atoms with van der Waals surface area (Å²) in [5, 5.41) is 15.4. The standard InChI is InChI=1S/C34H35N3O11/c1-41-32(40)29-25(38)28(43-18-21-13-7-3-8-14-21)30(46-31(39)22-15-9-4-10-16-22)34(48-29)47-26-23-19-44-33(45-23)24(36-37-35)27(26)42-17-20-11-5-2-6-12-20/h2-16,23-30,33-34,38H,17-19H2,1H3/t23-,24-,25+,26-,27-,28+,29-,30-,33-,34-/m1/s1. The van der Waals surface area contributed by atoms with Gasteiger partial charge in [-0.1, -0.05) is 84.0 Å². The van der Waals surface area contributed by atoms with E-state index in [0.717, 1.165) is 18.2 Å². The maximum absolute atomic E-state index is 13.5. The number of azide groups is 1. The molecule has 3 fully saturated rings. The van der Waals surface area contributed by atoms with Crippen LogP contribution in [0.5, 0.6) is 0 Å². The number of carbonyl (C=O) groups is 2. The molecular formula is C34H35N3O11. The largest absolute Gasteiger partial charge is 0.467 e. The van der Waals surface area contributed by atoms with E-state index >= 15 is 0 Å². The fourth-order valence-corrected chi connectivity index (χ4v) is 5.91. The van der Waals surface area contributed by atoms with Crippen LogP contribution in [0.3, 0.4) is 0 Å². The molecule has 3 aliphatic heterocycles. The average molecular weight is 662 g/mol. The van der Waals surface area contributed by atoms with Gasteiger partial charge in [0.05, 0.1) is 32.5 Å². The molecule has 3 aromatic rings. The van der Waals surface area contributed by atoms with Gasteiger partial charge in [0, 0.05) is 4.91 Å². The summed E-state index contributed by atoms with van der Waals surface area (Å²) >= 11 is 0. The molecule has 0 spiro atoms. The summed E-state index contributed by atoms with van der Waals surface area (Å²) in [6.45, 7) is 0.192. The van der Waals surface area contributed by atoms with Gasteiger partial charge < -0.3 is 43.0 Å². The summed E-state index contributed by atoms with van der Waals surface area (Å²) in [6, 6.07) is 25.8. The molecule has 252 valence electrons. The van der Waals surface area contributed by atoms with E-state index in [2.05, 4.69) is 10.0 Å². The van der Waals surface area contributed by atoms with Crippen molar-refractivity contribution < 1.29 is 52.6 Å². The van der Waals surface area contributed by atoms with Crippen molar-refractivity contribution in [3.05, 3.63) is 118 Å². The highest BCUT2D eigenvalue weighted by atomic mass is 16.8. The molecule has 3 aromatic carbocycles. The van der Waals surface area contributed by atoms with E-state index in [1.165, 1.54) is 0 Å². The lowest BCUT2D eigenvalue weighted by molar-refractivity contribution is -0.332. The zero-order valence-corrected chi connectivity index (χ0v) is 25.9. The van der Waals surface area contributed by atoms with Crippen molar-refractivity contribution in [2.45, 2.75) is 74.6 Å². The number of benzene rings is 3. The third kappa shape index (κ3) is 7.51. The van der Waals surface area contributed by atoms with E-state index in [1.807, 2.05) is 60.7 Å². The molecule has 3 heterocycles. The van der Waals surface area contributed by atoms with E-state index in [0.29, 0.717) is 0 Å². The van der Waals surface area contributed by atoms with Crippen LogP contribution in [0, 0.1) is 0 Å². The van der Waals surface area contributed by atoms with E-state index in [9.17, 15) is 20.2 Å². The minimum Gasteiger partial charge on any atom is -0.467 e. The SMILES string of the molecule is COC(=O)[C@@H]1O[C@@H](O[C@H]2[C@H](OCc3ccccc3)[C@@H](N=[N+]=[N-])[C@@H]3OC[C@H]2O3)[C@H](OC(=O)c2ccccc2)[C@@H](OCc2ccccc2)[C@@H]1O. The molecule has 0 saturated carbocycles. The van der Waals surface area contributed by atoms with Gasteiger partial charge in [-0.15, -0.1) is 0 Å². The lowest BCUT2D eigenvalue weighted by Crippen LogP contribution is -2.65. The first kappa shape index (κ1) is 33.5. The monoisotopic (exact) mass is 661 g/mol. The molecule has 1 N–H and O–H groups in total. The summed E-state index contributed by atoms with van der Waals surface area (Å²) in [4.78, 5) is 29.4. The second-order valence-corrected chi connectivity index (χ2v) is 11.4. The number of aliphatic hydroxyl groups is 1. The number of aliphatic hydroxyl groups excluding tert-OH is 1. The first-order valence-corrected chi connectivity index (χ1v) is 15.4. The Hall–Kier alpha value is -4.37. The molecule has 0 aromatic heterocycles. The molecule has 14 heteroatoms. The molecule has 6 rings (SSSR count). The maximum Gasteiger partial charge on any atom is 0.338 e. The fourth-order valence-electron chi connectivity index (χ4n) is 5.91. The van der Waals surface area contributed by atoms with Crippen LogP contribution >= 0.6 is 0 Å². The Morgan fingerprint density at radius 1 is 0.854 bits per heavy atom. The Bertz CT molecular complexity index is 1560. The van der Waals surface area contributed by atoms with Crippen molar-refractivity contribution >= 4 is 11.9 Å². The van der Waals surface area contributed by atoms with Crippen molar-refractivity contribution in [1.29, 1.82) is 0 Å². The molecule has 10 atom stereocenters. The van der Waals surface area contributed by atoms with Gasteiger partial charge in [-0.25, -0.2) is 9.59 Å². The van der Waals surface area contributed by atoms with Crippen LogP contribution in [0.1, 0.15) is 21.5 Å². The van der Waals surface area contributed by atoms with Crippen LogP contribution in [0.15, 0.2) is 96.1 Å². The summed E-state index contributed by atoms with van der Waals surface area (Å²) < 4.78 is 47.8. The molecule has 0 amide bonds. The molecular weight excluding hydrogens is 626 g/mol. The zero-order chi connectivity index (χ0) is 33.5. The Kier molecular flexibility index (Phi) is 11.0. The van der Waals surface area contributed by atoms with E-state index < -0.39 is 73.3 Å². The summed E-state index contributed by atoms with van der Waals surface area (Å²) in [5.74, 6) is -1.65. The normalized spacial score (nSPS) is 31.0. The zero-order valence-electron chi connectivity index (χ0n) is 25.9. The van der Waals surface area contributed by atoms with Gasteiger partial charge in [0.1, 0.15) is 36.6 Å². The number of fused-ring (bicyclic) bond motifs is 2. The fraction of sp³-hybridized carbons (Fsp3) is 0.412. The number of carbonyl (C=O) groups excluding carboxylic acids is 2. The van der Waals surface area contributed by atoms with E-state index in [1.54, 1.807) is 30.3 Å². The second kappa shape index (κ2) is 15.7. The van der Waals surface area contributed by atoms with Crippen LogP contribution in [0.2, 0.25) is 0 Å². The number of hydrogen-bond acceptors (Lipinski definition) is 12. The highest BCUT2D eigenvalue weighted by Crippen LogP contribution is 2.37. The molecule has 14 nitrogen and oxygen atoms in total. The highest BCUT2D eigenvalue weighted by molar-refractivity contribution is 5.89. The third-order valence-corrected chi connectivity index (χ3v) is 8.29. The number of esters is 2. The van der Waals surface area contributed by atoms with Gasteiger partial charge in [-0.05, 0) is 28.8 Å². The first-order chi connectivity index (χ1) is 23.5. The number of hydrogen-bond donors (Lipinski definition) is 1. The van der Waals surface area contributed by atoms with Crippen LogP contribution in [0.25, 0.3) is 10.4 Å². The molecule has 2 bridgehead atoms. The average Bonchev–Trinajstić information content (AvgIpc) is 3.57. The number of methoxy groups -OCH3 is 1. The van der Waals surface area contributed by atoms with Crippen molar-refractivity contribution in [3.63, 3.8) is 0 Å². The molecule has 0 unspecified atom stereocenters. The van der Waals surface area contributed by atoms with Gasteiger partial charge in [0.15, 0.2) is 24.8 Å². The molecule has 0 aliphatic carbocycles. The van der Waals surface area contributed by atoms with Crippen LogP contribution in [-0.2, 0) is 55.9 Å². The Morgan fingerprint density at radius 2 is 1.46 bits per heavy atom. The number of ether oxygens (including phenoxy) is 8. The van der Waals surface area contributed by atoms with Crippen molar-refractivity contribution in [1.82, 2.24) is 0 Å². The van der Waals surface area contributed by atoms with E-state index in [4.69, 9.17) is 37.9 Å². The van der Waals surface area contributed by atoms with Crippen LogP contribution in [-0.4, -0.2) is 92.1 Å². The Balaban J connectivity index is 1.34. The summed E-state index contributed by atoms with van der Waals surface area (Å²) in [7, 11) is 1.15. The first-order valence-electron chi connectivity index (χ1n) is 15.4. The second-order valence-electron chi connectivity index (χ2n) is 11.4. The molecule has 3 aliphatic rings. The summed E-state index contributed by atoms with van der Waals surface area (Å²) in [5.41, 5.74) is 11.3. The maximum atomic E-state index is 13.5. The quantitative estimate of drug-likeness (QED) is 0.130. The van der Waals surface area contributed by atoms with Gasteiger partial charge in [0.2, 0.25) is 0 Å². The van der Waals surface area contributed by atoms with Crippen molar-refractivity contribution in [2.24, 2.45) is 5.11 Å².